The first kappa shape index (κ1) is 17.8. The SMILES string of the molecule is CC(NCCCNC(=O)OC(C)(C)C)c1ccccc1Cl. The fraction of sp³-hybridized carbons (Fsp3) is 0.562. The smallest absolute Gasteiger partial charge is 0.407 e. The molecule has 0 heterocycles. The molecule has 0 saturated heterocycles. The molecule has 0 spiro atoms. The molecule has 5 heteroatoms. The first-order valence-corrected chi connectivity index (χ1v) is 7.62. The molecule has 0 aliphatic rings. The van der Waals surface area contributed by atoms with E-state index in [0.29, 0.717) is 6.54 Å². The van der Waals surface area contributed by atoms with Gasteiger partial charge in [0.15, 0.2) is 0 Å². The molecule has 118 valence electrons. The van der Waals surface area contributed by atoms with Crippen LogP contribution < -0.4 is 10.6 Å². The molecule has 1 amide bonds. The molecule has 1 aromatic rings. The predicted molar refractivity (Wildman–Crippen MR) is 86.7 cm³/mol. The summed E-state index contributed by atoms with van der Waals surface area (Å²) in [5, 5.41) is 6.89. The van der Waals surface area contributed by atoms with Crippen molar-refractivity contribution in [2.24, 2.45) is 0 Å². The molecule has 1 aromatic carbocycles. The van der Waals surface area contributed by atoms with Crippen molar-refractivity contribution in [2.45, 2.75) is 45.8 Å². The number of hydrogen-bond acceptors (Lipinski definition) is 3. The Kier molecular flexibility index (Phi) is 6.99. The first-order valence-electron chi connectivity index (χ1n) is 7.24. The van der Waals surface area contributed by atoms with Gasteiger partial charge in [-0.1, -0.05) is 29.8 Å². The minimum Gasteiger partial charge on any atom is -0.444 e. The fourth-order valence-electron chi connectivity index (χ4n) is 1.85. The number of rotatable bonds is 6. The molecule has 21 heavy (non-hydrogen) atoms. The Morgan fingerprint density at radius 3 is 2.57 bits per heavy atom. The van der Waals surface area contributed by atoms with Gasteiger partial charge in [-0.15, -0.1) is 0 Å². The summed E-state index contributed by atoms with van der Waals surface area (Å²) in [6.45, 7) is 8.99. The van der Waals surface area contributed by atoms with Crippen molar-refractivity contribution >= 4 is 17.7 Å². The topological polar surface area (TPSA) is 50.4 Å². The second kappa shape index (κ2) is 8.25. The van der Waals surface area contributed by atoms with Crippen LogP contribution in [0.2, 0.25) is 5.02 Å². The van der Waals surface area contributed by atoms with Crippen molar-refractivity contribution in [3.05, 3.63) is 34.9 Å². The lowest BCUT2D eigenvalue weighted by atomic mass is 10.1. The lowest BCUT2D eigenvalue weighted by Crippen LogP contribution is -2.34. The van der Waals surface area contributed by atoms with E-state index in [0.717, 1.165) is 23.6 Å². The molecule has 0 fully saturated rings. The Morgan fingerprint density at radius 1 is 1.29 bits per heavy atom. The maximum Gasteiger partial charge on any atom is 0.407 e. The number of halogens is 1. The quantitative estimate of drug-likeness (QED) is 0.783. The monoisotopic (exact) mass is 312 g/mol. The number of benzene rings is 1. The zero-order chi connectivity index (χ0) is 15.9. The van der Waals surface area contributed by atoms with Crippen molar-refractivity contribution in [1.29, 1.82) is 0 Å². The lowest BCUT2D eigenvalue weighted by molar-refractivity contribution is 0.0527. The highest BCUT2D eigenvalue weighted by Crippen LogP contribution is 2.21. The van der Waals surface area contributed by atoms with Gasteiger partial charge in [-0.25, -0.2) is 4.79 Å². The summed E-state index contributed by atoms with van der Waals surface area (Å²) in [6.07, 6.45) is 0.454. The lowest BCUT2D eigenvalue weighted by Gasteiger charge is -2.20. The Labute approximate surface area is 132 Å². The number of alkyl carbamates (subject to hydrolysis) is 1. The Hall–Kier alpha value is -1.26. The average Bonchev–Trinajstić information content (AvgIpc) is 2.36. The van der Waals surface area contributed by atoms with Crippen molar-refractivity contribution < 1.29 is 9.53 Å². The van der Waals surface area contributed by atoms with Crippen LogP contribution in [0.25, 0.3) is 0 Å². The van der Waals surface area contributed by atoms with Gasteiger partial charge in [-0.05, 0) is 52.3 Å². The normalized spacial score (nSPS) is 12.8. The maximum absolute atomic E-state index is 11.5. The van der Waals surface area contributed by atoms with Crippen LogP contribution in [-0.4, -0.2) is 24.8 Å². The first-order chi connectivity index (χ1) is 9.79. The molecule has 0 aliphatic heterocycles. The number of hydrogen-bond donors (Lipinski definition) is 2. The molecule has 0 saturated carbocycles. The molecule has 0 bridgehead atoms. The minimum atomic E-state index is -0.457. The third-order valence-electron chi connectivity index (χ3n) is 2.84. The molecule has 1 rings (SSSR count). The molecule has 1 atom stereocenters. The van der Waals surface area contributed by atoms with Crippen molar-refractivity contribution in [3.63, 3.8) is 0 Å². The van der Waals surface area contributed by atoms with E-state index < -0.39 is 5.60 Å². The largest absolute Gasteiger partial charge is 0.444 e. The van der Waals surface area contributed by atoms with Gasteiger partial charge < -0.3 is 15.4 Å². The second-order valence-corrected chi connectivity index (χ2v) is 6.39. The van der Waals surface area contributed by atoms with Crippen LogP contribution in [0, 0.1) is 0 Å². The minimum absolute atomic E-state index is 0.181. The summed E-state index contributed by atoms with van der Waals surface area (Å²) in [5.74, 6) is 0. The van der Waals surface area contributed by atoms with Crippen LogP contribution in [0.4, 0.5) is 4.79 Å². The fourth-order valence-corrected chi connectivity index (χ4v) is 2.15. The number of carbonyl (C=O) groups excluding carboxylic acids is 1. The summed E-state index contributed by atoms with van der Waals surface area (Å²) >= 11 is 6.15. The standard InChI is InChI=1S/C16H25ClN2O2/c1-12(13-8-5-6-9-14(13)17)18-10-7-11-19-15(20)21-16(2,3)4/h5-6,8-9,12,18H,7,10-11H2,1-4H3,(H,19,20). The molecule has 2 N–H and O–H groups in total. The zero-order valence-corrected chi connectivity index (χ0v) is 14.0. The number of nitrogens with one attached hydrogen (secondary N) is 2. The second-order valence-electron chi connectivity index (χ2n) is 5.98. The van der Waals surface area contributed by atoms with Gasteiger partial charge in [-0.2, -0.15) is 0 Å². The van der Waals surface area contributed by atoms with E-state index in [-0.39, 0.29) is 12.1 Å². The van der Waals surface area contributed by atoms with Crippen LogP contribution in [0.5, 0.6) is 0 Å². The third-order valence-corrected chi connectivity index (χ3v) is 3.19. The number of carbonyl (C=O) groups is 1. The molecule has 0 aliphatic carbocycles. The highest BCUT2D eigenvalue weighted by molar-refractivity contribution is 6.31. The van der Waals surface area contributed by atoms with Crippen LogP contribution in [0.15, 0.2) is 24.3 Å². The summed E-state index contributed by atoms with van der Waals surface area (Å²) in [4.78, 5) is 11.5. The Bertz CT molecular complexity index is 458. The van der Waals surface area contributed by atoms with E-state index in [4.69, 9.17) is 16.3 Å². The number of amides is 1. The highest BCUT2D eigenvalue weighted by atomic mass is 35.5. The van der Waals surface area contributed by atoms with Gasteiger partial charge in [0.25, 0.3) is 0 Å². The van der Waals surface area contributed by atoms with E-state index in [1.54, 1.807) is 0 Å². The zero-order valence-electron chi connectivity index (χ0n) is 13.2. The Morgan fingerprint density at radius 2 is 1.95 bits per heavy atom. The van der Waals surface area contributed by atoms with Gasteiger partial charge >= 0.3 is 6.09 Å². The van der Waals surface area contributed by atoms with Crippen LogP contribution in [0.3, 0.4) is 0 Å². The summed E-state index contributed by atoms with van der Waals surface area (Å²) < 4.78 is 5.16. The van der Waals surface area contributed by atoms with Crippen molar-refractivity contribution in [3.8, 4) is 0 Å². The van der Waals surface area contributed by atoms with Crippen LogP contribution >= 0.6 is 11.6 Å². The Balaban J connectivity index is 2.20. The predicted octanol–water partition coefficient (Wildman–Crippen LogP) is 3.91. The number of ether oxygens (including phenoxy) is 1. The third kappa shape index (κ3) is 7.34. The van der Waals surface area contributed by atoms with Gasteiger partial charge in [-0.3, -0.25) is 0 Å². The maximum atomic E-state index is 11.5. The molecular weight excluding hydrogens is 288 g/mol. The van der Waals surface area contributed by atoms with E-state index in [9.17, 15) is 4.79 Å². The molecule has 0 aromatic heterocycles. The van der Waals surface area contributed by atoms with Gasteiger partial charge in [0.2, 0.25) is 0 Å². The van der Waals surface area contributed by atoms with E-state index in [1.807, 2.05) is 45.0 Å². The van der Waals surface area contributed by atoms with Crippen LogP contribution in [0.1, 0.15) is 45.7 Å². The van der Waals surface area contributed by atoms with Crippen molar-refractivity contribution in [2.75, 3.05) is 13.1 Å². The molecule has 1 unspecified atom stereocenters. The molecular formula is C16H25ClN2O2. The van der Waals surface area contributed by atoms with Gasteiger partial charge in [0, 0.05) is 17.6 Å². The molecule has 0 radical (unpaired) electrons. The highest BCUT2D eigenvalue weighted by Gasteiger charge is 2.15. The van der Waals surface area contributed by atoms with E-state index in [2.05, 4.69) is 17.6 Å². The summed E-state index contributed by atoms with van der Waals surface area (Å²) in [7, 11) is 0. The van der Waals surface area contributed by atoms with Crippen molar-refractivity contribution in [1.82, 2.24) is 10.6 Å². The van der Waals surface area contributed by atoms with E-state index in [1.165, 1.54) is 0 Å². The van der Waals surface area contributed by atoms with Gasteiger partial charge in [0.1, 0.15) is 5.60 Å². The van der Waals surface area contributed by atoms with Crippen LogP contribution in [-0.2, 0) is 4.74 Å². The summed E-state index contributed by atoms with van der Waals surface area (Å²) in [5.41, 5.74) is 0.625. The molecule has 4 nitrogen and oxygen atoms in total. The summed E-state index contributed by atoms with van der Waals surface area (Å²) in [6, 6.07) is 7.98. The van der Waals surface area contributed by atoms with E-state index >= 15 is 0 Å². The van der Waals surface area contributed by atoms with Gasteiger partial charge in [0.05, 0.1) is 0 Å². The average molecular weight is 313 g/mol.